The van der Waals surface area contributed by atoms with Gasteiger partial charge in [-0.2, -0.15) is 8.42 Å². The molecule has 4 aliphatic carbocycles. The summed E-state index contributed by atoms with van der Waals surface area (Å²) in [7, 11) is -4.78. The lowest BCUT2D eigenvalue weighted by Gasteiger charge is -2.63. The maximum Gasteiger partial charge on any atom is 0.397 e. The fourth-order valence-corrected chi connectivity index (χ4v) is 10.7. The van der Waals surface area contributed by atoms with Crippen LogP contribution in [-0.2, 0) is 24.1 Å². The van der Waals surface area contributed by atoms with Crippen LogP contribution in [0.2, 0.25) is 0 Å². The highest BCUT2D eigenvalue weighted by molar-refractivity contribution is 7.80. The van der Waals surface area contributed by atoms with Crippen LogP contribution in [0.5, 0.6) is 0 Å². The number of aliphatic hydroxyl groups excluding tert-OH is 2. The fraction of sp³-hybridized carbons (Fsp3) is 0.844. The molecule has 0 radical (unpaired) electrons. The zero-order valence-corrected chi connectivity index (χ0v) is 27.0. The number of esters is 1. The Morgan fingerprint density at radius 3 is 2.27 bits per heavy atom. The van der Waals surface area contributed by atoms with Crippen LogP contribution in [0.1, 0.15) is 100 Å². The molecule has 2 fully saturated rings. The van der Waals surface area contributed by atoms with E-state index in [1.807, 2.05) is 20.8 Å². The van der Waals surface area contributed by atoms with Gasteiger partial charge < -0.3 is 14.9 Å². The van der Waals surface area contributed by atoms with Gasteiger partial charge in [-0.25, -0.2) is 4.18 Å². The van der Waals surface area contributed by atoms with Crippen molar-refractivity contribution in [2.75, 3.05) is 0 Å². The Kier molecular flexibility index (Phi) is 8.78. The Labute approximate surface area is 246 Å². The molecule has 41 heavy (non-hydrogen) atoms. The molecule has 0 aliphatic heterocycles. The highest BCUT2D eigenvalue weighted by Gasteiger charge is 2.67. The fourth-order valence-electron chi connectivity index (χ4n) is 10.0. The largest absolute Gasteiger partial charge is 0.459 e. The molecular weight excluding hydrogens is 544 g/mol. The van der Waals surface area contributed by atoms with E-state index in [4.69, 9.17) is 8.92 Å². The van der Waals surface area contributed by atoms with Crippen LogP contribution in [0.25, 0.3) is 0 Å². The number of hydrogen-bond donors (Lipinski definition) is 3. The monoisotopic (exact) mass is 596 g/mol. The summed E-state index contributed by atoms with van der Waals surface area (Å²) in [4.78, 5) is 12.5. The zero-order valence-electron chi connectivity index (χ0n) is 26.1. The van der Waals surface area contributed by atoms with E-state index >= 15 is 0 Å². The first-order valence-corrected chi connectivity index (χ1v) is 16.7. The predicted octanol–water partition coefficient (Wildman–Crippen LogP) is 5.65. The van der Waals surface area contributed by atoms with E-state index in [1.165, 1.54) is 18.1 Å². The molecule has 2 saturated carbocycles. The lowest BCUT2D eigenvalue weighted by Crippen LogP contribution is -2.64. The van der Waals surface area contributed by atoms with Gasteiger partial charge >= 0.3 is 16.4 Å². The molecule has 0 aromatic rings. The molecule has 0 aromatic heterocycles. The van der Waals surface area contributed by atoms with Crippen molar-refractivity contribution in [2.45, 2.75) is 125 Å². The van der Waals surface area contributed by atoms with Gasteiger partial charge in [-0.3, -0.25) is 9.35 Å². The van der Waals surface area contributed by atoms with Crippen LogP contribution in [0, 0.1) is 45.8 Å². The van der Waals surface area contributed by atoms with Gasteiger partial charge in [-0.15, -0.1) is 0 Å². The number of hydrogen-bond acceptors (Lipinski definition) is 7. The van der Waals surface area contributed by atoms with E-state index in [0.717, 1.165) is 44.1 Å². The second-order valence-corrected chi connectivity index (χ2v) is 15.9. The van der Waals surface area contributed by atoms with Crippen molar-refractivity contribution < 1.29 is 36.9 Å². The van der Waals surface area contributed by atoms with Crippen LogP contribution in [-0.4, -0.2) is 53.6 Å². The molecule has 3 N–H and O–H groups in total. The SMILES string of the molecule is C=C(CCC(C)[C@H]1CCC2C3=C([C@@H](O)[C@H](OC(C)=O)C21C)C1(C)CC(O)C(OS(=O)(=O)O)C(C)(C)[C@@H]1CC3)C(C)C. The molecule has 234 valence electrons. The van der Waals surface area contributed by atoms with Gasteiger partial charge in [-0.1, -0.05) is 66.2 Å². The number of ether oxygens (including phenoxy) is 1. The van der Waals surface area contributed by atoms with Crippen LogP contribution in [0.15, 0.2) is 23.3 Å². The van der Waals surface area contributed by atoms with Gasteiger partial charge in [0.1, 0.15) is 18.3 Å². The molecule has 0 heterocycles. The molecule has 0 spiro atoms. The summed E-state index contributed by atoms with van der Waals surface area (Å²) in [6.45, 7) is 20.2. The van der Waals surface area contributed by atoms with Gasteiger partial charge in [0.2, 0.25) is 0 Å². The average molecular weight is 597 g/mol. The Morgan fingerprint density at radius 2 is 1.71 bits per heavy atom. The number of carbonyl (C=O) groups is 1. The lowest BCUT2D eigenvalue weighted by atomic mass is 9.44. The third kappa shape index (κ3) is 5.47. The van der Waals surface area contributed by atoms with Crippen molar-refractivity contribution in [3.05, 3.63) is 23.3 Å². The van der Waals surface area contributed by atoms with Gasteiger partial charge in [0.15, 0.2) is 0 Å². The van der Waals surface area contributed by atoms with E-state index in [2.05, 4.69) is 34.3 Å². The standard InChI is InChI=1S/C32H52O8S/c1-17(2)18(3)10-11-19(4)22-13-14-23-21-12-15-25-30(6,7)28(40-41(36,37)38)24(34)16-31(25,8)26(21)27(35)29(32(22,23)9)39-20(5)33/h17,19,22-25,27-29,34-35H,3,10-16H2,1-2,4-9H3,(H,36,37,38)/t19?,22-,23?,24?,25+,27-,28?,29+,31?,32?/m1/s1. The second kappa shape index (κ2) is 11.0. The van der Waals surface area contributed by atoms with Crippen LogP contribution in [0.4, 0.5) is 0 Å². The maximum absolute atomic E-state index is 12.5. The van der Waals surface area contributed by atoms with E-state index in [9.17, 15) is 28.0 Å². The summed E-state index contributed by atoms with van der Waals surface area (Å²) in [5.74, 6) is 0.615. The van der Waals surface area contributed by atoms with Crippen molar-refractivity contribution in [3.63, 3.8) is 0 Å². The van der Waals surface area contributed by atoms with Crippen molar-refractivity contribution in [2.24, 2.45) is 45.8 Å². The lowest BCUT2D eigenvalue weighted by molar-refractivity contribution is -0.183. The molecule has 4 rings (SSSR count). The van der Waals surface area contributed by atoms with Gasteiger partial charge in [0.05, 0.1) is 6.10 Å². The number of allylic oxidation sites excluding steroid dienone is 2. The molecule has 0 bridgehead atoms. The van der Waals surface area contributed by atoms with Crippen LogP contribution < -0.4 is 0 Å². The molecule has 6 unspecified atom stereocenters. The number of fused-ring (bicyclic) bond motifs is 4. The average Bonchev–Trinajstić information content (AvgIpc) is 3.19. The van der Waals surface area contributed by atoms with Crippen molar-refractivity contribution in [1.29, 1.82) is 0 Å². The summed E-state index contributed by atoms with van der Waals surface area (Å²) in [6, 6.07) is 0. The minimum atomic E-state index is -4.78. The van der Waals surface area contributed by atoms with E-state index < -0.39 is 57.0 Å². The highest BCUT2D eigenvalue weighted by Crippen LogP contribution is 2.68. The van der Waals surface area contributed by atoms with Gasteiger partial charge in [0.25, 0.3) is 0 Å². The molecule has 9 heteroatoms. The number of carbonyl (C=O) groups excluding carboxylic acids is 1. The summed E-state index contributed by atoms with van der Waals surface area (Å²) in [5, 5.41) is 23.5. The van der Waals surface area contributed by atoms with Gasteiger partial charge in [-0.05, 0) is 90.9 Å². The predicted molar refractivity (Wildman–Crippen MR) is 157 cm³/mol. The first-order valence-electron chi connectivity index (χ1n) is 15.4. The van der Waals surface area contributed by atoms with Crippen LogP contribution in [0.3, 0.4) is 0 Å². The minimum absolute atomic E-state index is 0.135. The van der Waals surface area contributed by atoms with Gasteiger partial charge in [0, 0.05) is 12.3 Å². The first kappa shape index (κ1) is 32.6. The Morgan fingerprint density at radius 1 is 1.07 bits per heavy atom. The van der Waals surface area contributed by atoms with E-state index in [0.29, 0.717) is 11.8 Å². The minimum Gasteiger partial charge on any atom is -0.459 e. The normalized spacial score (nSPS) is 40.9. The summed E-state index contributed by atoms with van der Waals surface area (Å²) in [5.41, 5.74) is 1.37. The Bertz CT molecular complexity index is 1190. The first-order chi connectivity index (χ1) is 18.8. The summed E-state index contributed by atoms with van der Waals surface area (Å²) < 4.78 is 43.9. The summed E-state index contributed by atoms with van der Waals surface area (Å²) in [6.07, 6.45) is 1.46. The zero-order chi connectivity index (χ0) is 30.9. The molecule has 0 aromatic carbocycles. The molecule has 0 amide bonds. The van der Waals surface area contributed by atoms with Crippen molar-refractivity contribution in [3.8, 4) is 0 Å². The summed E-state index contributed by atoms with van der Waals surface area (Å²) >= 11 is 0. The molecule has 0 saturated heterocycles. The highest BCUT2D eigenvalue weighted by atomic mass is 32.3. The smallest absolute Gasteiger partial charge is 0.397 e. The molecule has 4 aliphatic rings. The number of aliphatic hydroxyl groups is 2. The Balaban J connectivity index is 1.76. The maximum atomic E-state index is 12.5. The van der Waals surface area contributed by atoms with E-state index in [1.54, 1.807) is 0 Å². The third-order valence-corrected chi connectivity index (χ3v) is 12.4. The second-order valence-electron chi connectivity index (χ2n) is 14.9. The van der Waals surface area contributed by atoms with Crippen molar-refractivity contribution >= 4 is 16.4 Å². The third-order valence-electron chi connectivity index (χ3n) is 11.9. The van der Waals surface area contributed by atoms with E-state index in [-0.39, 0.29) is 24.2 Å². The van der Waals surface area contributed by atoms with Crippen molar-refractivity contribution in [1.82, 2.24) is 0 Å². The molecule has 8 nitrogen and oxygen atoms in total. The van der Waals surface area contributed by atoms with Crippen LogP contribution >= 0.6 is 0 Å². The molecular formula is C32H52O8S. The Hall–Kier alpha value is -1.26. The topological polar surface area (TPSA) is 130 Å². The quantitative estimate of drug-likeness (QED) is 0.186. The number of rotatable bonds is 8. The molecule has 10 atom stereocenters.